The van der Waals surface area contributed by atoms with E-state index in [1.165, 1.54) is 12.0 Å². The molecule has 65 heavy (non-hydrogen) atoms. The summed E-state index contributed by atoms with van der Waals surface area (Å²) >= 11 is 0. The number of carbonyl (C=O) groups is 5. The van der Waals surface area contributed by atoms with Gasteiger partial charge < -0.3 is 43.9 Å². The Morgan fingerprint density at radius 1 is 0.862 bits per heavy atom. The van der Waals surface area contributed by atoms with Crippen molar-refractivity contribution in [1.82, 2.24) is 4.90 Å². The summed E-state index contributed by atoms with van der Waals surface area (Å²) in [7, 11) is 4.53. The van der Waals surface area contributed by atoms with E-state index in [0.717, 1.165) is 12.0 Å². The van der Waals surface area contributed by atoms with Crippen LogP contribution in [0.3, 0.4) is 0 Å². The van der Waals surface area contributed by atoms with Gasteiger partial charge in [0.25, 0.3) is 11.7 Å². The molecule has 2 saturated heterocycles. The molecule has 1 amide bonds. The second-order valence-electron chi connectivity index (χ2n) is 19.6. The summed E-state index contributed by atoms with van der Waals surface area (Å²) in [5.41, 5.74) is 1.19. The van der Waals surface area contributed by atoms with Crippen LogP contribution in [0.4, 0.5) is 0 Å². The molecule has 4 aliphatic rings. The molecule has 0 aromatic rings. The first-order valence-corrected chi connectivity index (χ1v) is 23.9. The highest BCUT2D eigenvalue weighted by molar-refractivity contribution is 6.39. The van der Waals surface area contributed by atoms with Crippen LogP contribution in [0.2, 0.25) is 0 Å². The Kier molecular flexibility index (Phi) is 21.0. The average molecular weight is 914 g/mol. The lowest BCUT2D eigenvalue weighted by molar-refractivity contribution is -0.265. The third-order valence-electron chi connectivity index (χ3n) is 14.5. The van der Waals surface area contributed by atoms with Crippen LogP contribution in [0, 0.1) is 35.5 Å². The molecule has 3 heterocycles. The molecule has 366 valence electrons. The van der Waals surface area contributed by atoms with Crippen molar-refractivity contribution in [3.8, 4) is 0 Å². The predicted molar refractivity (Wildman–Crippen MR) is 245 cm³/mol. The second-order valence-corrected chi connectivity index (χ2v) is 19.6. The molecule has 1 aliphatic carbocycles. The number of ketones is 3. The SMILES string of the molecule is CO[C@H]1C[C@@H]2CC[C@@H](C)[C@@](O)(O2)C(=O)C(=O)N2CCCCC2C(=O)O[C@H]([C@H](C)C[C@@H]2CC[C@@H](O)[C@H](OC)C2)CC(=O)C(C)=CC(C)[C@@H](O)[C@@H](OC)C(=O)[C@H](C)C[C@H](C)C=CC=CC=C1C. The molecule has 0 spiro atoms. The van der Waals surface area contributed by atoms with Gasteiger partial charge in [-0.15, -0.1) is 0 Å². The van der Waals surface area contributed by atoms with Crippen LogP contribution in [0.25, 0.3) is 0 Å². The maximum Gasteiger partial charge on any atom is 0.329 e. The molecule has 4 rings (SSSR count). The van der Waals surface area contributed by atoms with E-state index in [-0.39, 0.29) is 54.8 Å². The van der Waals surface area contributed by atoms with Gasteiger partial charge in [0.05, 0.1) is 30.5 Å². The summed E-state index contributed by atoms with van der Waals surface area (Å²) in [5, 5.41) is 33.9. The molecule has 3 aliphatic heterocycles. The van der Waals surface area contributed by atoms with Crippen molar-refractivity contribution >= 4 is 29.2 Å². The molecule has 1 saturated carbocycles. The van der Waals surface area contributed by atoms with E-state index in [4.69, 9.17) is 23.7 Å². The average Bonchev–Trinajstić information content (AvgIpc) is 3.28. The van der Waals surface area contributed by atoms with Crippen molar-refractivity contribution in [3.05, 3.63) is 47.6 Å². The summed E-state index contributed by atoms with van der Waals surface area (Å²) in [4.78, 5) is 71.7. The Bertz CT molecular complexity index is 1760. The first-order valence-electron chi connectivity index (χ1n) is 23.9. The molecule has 0 radical (unpaired) electrons. The Morgan fingerprint density at radius 3 is 2.26 bits per heavy atom. The molecule has 14 nitrogen and oxygen atoms in total. The van der Waals surface area contributed by atoms with Crippen LogP contribution in [-0.2, 0) is 47.7 Å². The van der Waals surface area contributed by atoms with Gasteiger partial charge >= 0.3 is 5.97 Å². The number of allylic oxidation sites excluding steroid dienone is 6. The van der Waals surface area contributed by atoms with Crippen LogP contribution in [-0.4, -0.2) is 132 Å². The monoisotopic (exact) mass is 914 g/mol. The van der Waals surface area contributed by atoms with E-state index >= 15 is 0 Å². The molecule has 0 aromatic heterocycles. The lowest BCUT2D eigenvalue weighted by Gasteiger charge is -2.42. The second kappa shape index (κ2) is 25.1. The van der Waals surface area contributed by atoms with E-state index in [0.29, 0.717) is 63.4 Å². The maximum absolute atomic E-state index is 14.4. The minimum Gasteiger partial charge on any atom is -0.460 e. The zero-order valence-corrected chi connectivity index (χ0v) is 40.6. The number of ether oxygens (including phenoxy) is 5. The number of nitrogens with zero attached hydrogens (tertiary/aromatic N) is 1. The number of methoxy groups -OCH3 is 3. The van der Waals surface area contributed by atoms with Crippen molar-refractivity contribution in [2.45, 2.75) is 180 Å². The van der Waals surface area contributed by atoms with Crippen molar-refractivity contribution in [2.75, 3.05) is 27.9 Å². The fourth-order valence-electron chi connectivity index (χ4n) is 10.1. The van der Waals surface area contributed by atoms with Crippen molar-refractivity contribution in [1.29, 1.82) is 0 Å². The molecule has 3 N–H and O–H groups in total. The Balaban J connectivity index is 1.70. The van der Waals surface area contributed by atoms with Gasteiger partial charge in [0.1, 0.15) is 18.2 Å². The Morgan fingerprint density at radius 2 is 1.58 bits per heavy atom. The van der Waals surface area contributed by atoms with Gasteiger partial charge in [-0.2, -0.15) is 0 Å². The highest BCUT2D eigenvalue weighted by Gasteiger charge is 2.53. The molecular weight excluding hydrogens is 835 g/mol. The number of aliphatic hydroxyl groups excluding tert-OH is 2. The molecule has 14 heteroatoms. The number of amides is 1. The topological polar surface area (TPSA) is 195 Å². The molecule has 0 aromatic carbocycles. The smallest absolute Gasteiger partial charge is 0.329 e. The number of Topliss-reactive ketones (excluding diaryl/α,β-unsaturated/α-hetero) is 3. The fourth-order valence-corrected chi connectivity index (χ4v) is 10.1. The molecule has 2 bridgehead atoms. The number of piperidine rings is 1. The first kappa shape index (κ1) is 54.2. The number of rotatable bonds is 6. The van der Waals surface area contributed by atoms with Gasteiger partial charge in [-0.25, -0.2) is 4.79 Å². The number of hydrogen-bond acceptors (Lipinski definition) is 13. The number of aliphatic hydroxyl groups is 3. The van der Waals surface area contributed by atoms with Crippen LogP contribution in [0.5, 0.6) is 0 Å². The lowest BCUT2D eigenvalue weighted by atomic mass is 9.78. The van der Waals surface area contributed by atoms with Crippen molar-refractivity contribution in [3.63, 3.8) is 0 Å². The third-order valence-corrected chi connectivity index (χ3v) is 14.5. The zero-order chi connectivity index (χ0) is 48.2. The summed E-state index contributed by atoms with van der Waals surface area (Å²) in [6.07, 6.45) is 11.2. The van der Waals surface area contributed by atoms with Crippen LogP contribution < -0.4 is 0 Å². The third kappa shape index (κ3) is 14.3. The summed E-state index contributed by atoms with van der Waals surface area (Å²) in [5.74, 6) is -7.93. The number of carbonyl (C=O) groups excluding carboxylic acids is 5. The summed E-state index contributed by atoms with van der Waals surface area (Å²) < 4.78 is 29.4. The van der Waals surface area contributed by atoms with Gasteiger partial charge in [0, 0.05) is 58.5 Å². The Hall–Kier alpha value is -3.37. The van der Waals surface area contributed by atoms with Crippen molar-refractivity contribution < 1.29 is 63.0 Å². The first-order chi connectivity index (χ1) is 30.7. The molecular formula is C51H79NO13. The van der Waals surface area contributed by atoms with E-state index in [9.17, 15) is 39.3 Å². The number of hydrogen-bond donors (Lipinski definition) is 3. The minimum atomic E-state index is -2.43. The van der Waals surface area contributed by atoms with Crippen molar-refractivity contribution in [2.24, 2.45) is 35.5 Å². The fraction of sp³-hybridized carbons (Fsp3) is 0.745. The van der Waals surface area contributed by atoms with Gasteiger partial charge in [-0.1, -0.05) is 71.1 Å². The Labute approximate surface area is 387 Å². The van der Waals surface area contributed by atoms with Crippen LogP contribution in [0.1, 0.15) is 126 Å². The van der Waals surface area contributed by atoms with Gasteiger partial charge in [0.2, 0.25) is 5.79 Å². The lowest BCUT2D eigenvalue weighted by Crippen LogP contribution is -2.61. The number of fused-ring (bicyclic) bond motifs is 3. The largest absolute Gasteiger partial charge is 0.460 e. The number of cyclic esters (lactones) is 1. The van der Waals surface area contributed by atoms with E-state index in [2.05, 4.69) is 0 Å². The highest BCUT2D eigenvalue weighted by Crippen LogP contribution is 2.38. The molecule has 2 unspecified atom stereocenters. The molecule has 15 atom stereocenters. The predicted octanol–water partition coefficient (Wildman–Crippen LogP) is 6.18. The van der Waals surface area contributed by atoms with Gasteiger partial charge in [-0.05, 0) is 107 Å². The maximum atomic E-state index is 14.4. The van der Waals surface area contributed by atoms with Gasteiger partial charge in [-0.3, -0.25) is 19.2 Å². The van der Waals surface area contributed by atoms with E-state index in [1.807, 2.05) is 58.1 Å². The van der Waals surface area contributed by atoms with Gasteiger partial charge in [0.15, 0.2) is 11.6 Å². The standard InChI is InChI=1S/C51H79NO13/c1-30-16-12-11-13-17-31(2)42(61-8)28-38-21-19-36(7)51(60,65-38)48(57)49(58)52-23-15-14-18-39(52)50(59)64-43(33(4)26-37-20-22-40(53)44(27-37)62-9)29-41(54)32(3)25-35(6)46(56)47(63-10)45(55)34(5)24-30/h11-13,16-17,25,30,33-40,42-44,46-47,53,56,60H,14-15,18-24,26-29H2,1-10H3/t30-,33-,34-,35?,36-,37+,38+,39?,40-,42+,43+,44-,46-,47+,51-/m1/s1. The van der Waals surface area contributed by atoms with E-state index in [1.54, 1.807) is 41.1 Å². The van der Waals surface area contributed by atoms with Crippen LogP contribution >= 0.6 is 0 Å². The molecule has 3 fully saturated rings. The quantitative estimate of drug-likeness (QED) is 0.202. The normalized spacial score (nSPS) is 37.8. The van der Waals surface area contributed by atoms with E-state index < -0.39 is 83.9 Å². The summed E-state index contributed by atoms with van der Waals surface area (Å²) in [6, 6.07) is -1.14. The zero-order valence-electron chi connectivity index (χ0n) is 40.6. The number of esters is 1. The van der Waals surface area contributed by atoms with Crippen LogP contribution in [0.15, 0.2) is 47.6 Å². The minimum absolute atomic E-state index is 0.0220. The summed E-state index contributed by atoms with van der Waals surface area (Å²) in [6.45, 7) is 12.7. The highest BCUT2D eigenvalue weighted by atomic mass is 16.6.